The van der Waals surface area contributed by atoms with Crippen LogP contribution in [0.4, 0.5) is 0 Å². The molecule has 0 saturated carbocycles. The minimum absolute atomic E-state index is 0.0102. The highest BCUT2D eigenvalue weighted by atomic mass is 35.5. The second kappa shape index (κ2) is 9.64. The molecule has 118 valence electrons. The van der Waals surface area contributed by atoms with E-state index < -0.39 is 0 Å². The van der Waals surface area contributed by atoms with Gasteiger partial charge in [0.05, 0.1) is 18.1 Å². The van der Waals surface area contributed by atoms with Crippen LogP contribution in [0.15, 0.2) is 18.2 Å². The highest BCUT2D eigenvalue weighted by Crippen LogP contribution is 2.28. The van der Waals surface area contributed by atoms with Gasteiger partial charge in [-0.15, -0.1) is 0 Å². The zero-order chi connectivity index (χ0) is 15.7. The summed E-state index contributed by atoms with van der Waals surface area (Å²) in [6.07, 6.45) is 0.331. The second-order valence-electron chi connectivity index (χ2n) is 5.30. The molecule has 0 bridgehead atoms. The molecule has 0 spiro atoms. The third-order valence-corrected chi connectivity index (χ3v) is 3.16. The van der Waals surface area contributed by atoms with Crippen LogP contribution in [-0.4, -0.2) is 25.6 Å². The van der Waals surface area contributed by atoms with Gasteiger partial charge in [0.1, 0.15) is 5.75 Å². The average Bonchev–Trinajstić information content (AvgIpc) is 2.41. The van der Waals surface area contributed by atoms with Crippen LogP contribution in [0.1, 0.15) is 32.8 Å². The van der Waals surface area contributed by atoms with Crippen molar-refractivity contribution in [1.82, 2.24) is 10.6 Å². The molecule has 0 fully saturated rings. The van der Waals surface area contributed by atoms with Crippen LogP contribution in [0.2, 0.25) is 5.02 Å². The Morgan fingerprint density at radius 3 is 2.81 bits per heavy atom. The molecule has 0 aromatic heterocycles. The van der Waals surface area contributed by atoms with Crippen LogP contribution in [0.25, 0.3) is 0 Å². The Labute approximate surface area is 132 Å². The van der Waals surface area contributed by atoms with Crippen molar-refractivity contribution in [3.05, 3.63) is 28.8 Å². The van der Waals surface area contributed by atoms with Gasteiger partial charge in [-0.2, -0.15) is 0 Å². The highest BCUT2D eigenvalue weighted by molar-refractivity contribution is 6.32. The lowest BCUT2D eigenvalue weighted by atomic mass is 10.1. The summed E-state index contributed by atoms with van der Waals surface area (Å²) in [5.41, 5.74) is 1.01. The lowest BCUT2D eigenvalue weighted by Gasteiger charge is -2.14. The van der Waals surface area contributed by atoms with E-state index in [9.17, 15) is 4.79 Å². The molecule has 0 radical (unpaired) electrons. The van der Waals surface area contributed by atoms with Gasteiger partial charge in [0.15, 0.2) is 0 Å². The molecule has 0 aliphatic rings. The second-order valence-corrected chi connectivity index (χ2v) is 5.71. The molecule has 1 amide bonds. The summed E-state index contributed by atoms with van der Waals surface area (Å²) in [4.78, 5) is 11.4. The molecule has 2 N–H and O–H groups in total. The van der Waals surface area contributed by atoms with Crippen molar-refractivity contribution < 1.29 is 9.53 Å². The van der Waals surface area contributed by atoms with Gasteiger partial charge in [0, 0.05) is 18.7 Å². The van der Waals surface area contributed by atoms with Gasteiger partial charge in [0.2, 0.25) is 5.91 Å². The summed E-state index contributed by atoms with van der Waals surface area (Å²) in [7, 11) is 0. The average molecular weight is 313 g/mol. The molecule has 1 aromatic rings. The first-order chi connectivity index (χ1) is 10.0. The van der Waals surface area contributed by atoms with E-state index in [2.05, 4.69) is 24.5 Å². The van der Waals surface area contributed by atoms with E-state index >= 15 is 0 Å². The maximum Gasteiger partial charge on any atom is 0.223 e. The van der Waals surface area contributed by atoms with Crippen LogP contribution in [0.5, 0.6) is 5.75 Å². The normalized spacial score (nSPS) is 10.7. The maximum absolute atomic E-state index is 11.4. The number of amides is 1. The fraction of sp³-hybridized carbons (Fsp3) is 0.562. The van der Waals surface area contributed by atoms with E-state index in [1.54, 1.807) is 6.07 Å². The first-order valence-corrected chi connectivity index (χ1v) is 7.80. The number of carbonyl (C=O) groups is 1. The third-order valence-electron chi connectivity index (χ3n) is 2.87. The summed E-state index contributed by atoms with van der Waals surface area (Å²) in [6.45, 7) is 8.82. The van der Waals surface area contributed by atoms with Crippen molar-refractivity contribution in [2.45, 2.75) is 33.7 Å². The van der Waals surface area contributed by atoms with Crippen molar-refractivity contribution in [2.24, 2.45) is 5.92 Å². The van der Waals surface area contributed by atoms with Gasteiger partial charge < -0.3 is 15.4 Å². The first kappa shape index (κ1) is 17.8. The molecule has 1 aromatic carbocycles. The summed E-state index contributed by atoms with van der Waals surface area (Å²) in [6, 6.07) is 5.70. The van der Waals surface area contributed by atoms with E-state index in [1.807, 2.05) is 19.1 Å². The molecule has 0 saturated heterocycles. The van der Waals surface area contributed by atoms with Gasteiger partial charge in [-0.05, 0) is 25.5 Å². The summed E-state index contributed by atoms with van der Waals surface area (Å²) in [5.74, 6) is 1.25. The largest absolute Gasteiger partial charge is 0.491 e. The van der Waals surface area contributed by atoms with Crippen LogP contribution >= 0.6 is 11.6 Å². The van der Waals surface area contributed by atoms with Gasteiger partial charge in [-0.3, -0.25) is 4.79 Å². The molecule has 4 nitrogen and oxygen atoms in total. The van der Waals surface area contributed by atoms with Crippen LogP contribution < -0.4 is 15.4 Å². The minimum Gasteiger partial charge on any atom is -0.491 e. The Kier molecular flexibility index (Phi) is 8.16. The third kappa shape index (κ3) is 6.82. The topological polar surface area (TPSA) is 50.4 Å². The number of rotatable bonds is 9. The van der Waals surface area contributed by atoms with Crippen molar-refractivity contribution in [3.8, 4) is 5.75 Å². The van der Waals surface area contributed by atoms with E-state index in [-0.39, 0.29) is 5.91 Å². The minimum atomic E-state index is -0.0102. The number of hydrogen-bond donors (Lipinski definition) is 2. The van der Waals surface area contributed by atoms with Crippen LogP contribution in [0, 0.1) is 5.92 Å². The Hall–Kier alpha value is -1.26. The van der Waals surface area contributed by atoms with Crippen LogP contribution in [-0.2, 0) is 11.3 Å². The van der Waals surface area contributed by atoms with E-state index in [4.69, 9.17) is 16.3 Å². The molecular formula is C16H25ClN2O2. The Morgan fingerprint density at radius 1 is 1.38 bits per heavy atom. The lowest BCUT2D eigenvalue weighted by Crippen LogP contribution is -2.24. The lowest BCUT2D eigenvalue weighted by molar-refractivity contribution is -0.121. The Morgan fingerprint density at radius 2 is 2.14 bits per heavy atom. The number of ether oxygens (including phenoxy) is 1. The zero-order valence-corrected chi connectivity index (χ0v) is 13.8. The highest BCUT2D eigenvalue weighted by Gasteiger charge is 2.09. The molecule has 5 heteroatoms. The first-order valence-electron chi connectivity index (χ1n) is 7.42. The number of halogens is 1. The molecule has 0 unspecified atom stereocenters. The number of benzene rings is 1. The standard InChI is InChI=1S/C16H25ClN2O2/c1-4-19-15(20)8-9-21-16-13(6-5-7-14(16)17)11-18-10-12(2)3/h5-7,12,18H,4,8-11H2,1-3H3,(H,19,20). The molecule has 1 rings (SSSR count). The van der Waals surface area contributed by atoms with Crippen LogP contribution in [0.3, 0.4) is 0 Å². The van der Waals surface area contributed by atoms with Crippen molar-refractivity contribution >= 4 is 17.5 Å². The van der Waals surface area contributed by atoms with E-state index in [1.165, 1.54) is 0 Å². The predicted octanol–water partition coefficient (Wildman–Crippen LogP) is 2.99. The molecule has 0 heterocycles. The van der Waals surface area contributed by atoms with Gasteiger partial charge >= 0.3 is 0 Å². The molecule has 0 aliphatic carbocycles. The Balaban J connectivity index is 2.56. The van der Waals surface area contributed by atoms with E-state index in [0.29, 0.717) is 42.8 Å². The van der Waals surface area contributed by atoms with Gasteiger partial charge in [-0.25, -0.2) is 0 Å². The molecular weight excluding hydrogens is 288 g/mol. The fourth-order valence-electron chi connectivity index (χ4n) is 1.88. The maximum atomic E-state index is 11.4. The summed E-state index contributed by atoms with van der Waals surface area (Å²) in [5, 5.41) is 6.69. The van der Waals surface area contributed by atoms with Crippen molar-refractivity contribution in [1.29, 1.82) is 0 Å². The number of para-hydroxylation sites is 1. The van der Waals surface area contributed by atoms with Crippen molar-refractivity contribution in [2.75, 3.05) is 19.7 Å². The quantitative estimate of drug-likeness (QED) is 0.737. The van der Waals surface area contributed by atoms with Crippen molar-refractivity contribution in [3.63, 3.8) is 0 Å². The molecule has 0 aliphatic heterocycles. The van der Waals surface area contributed by atoms with Gasteiger partial charge in [0.25, 0.3) is 0 Å². The zero-order valence-electron chi connectivity index (χ0n) is 13.0. The predicted molar refractivity (Wildman–Crippen MR) is 86.8 cm³/mol. The number of carbonyl (C=O) groups excluding carboxylic acids is 1. The SMILES string of the molecule is CCNC(=O)CCOc1c(Cl)cccc1CNCC(C)C. The monoisotopic (exact) mass is 312 g/mol. The fourth-order valence-corrected chi connectivity index (χ4v) is 2.13. The Bertz CT molecular complexity index is 450. The summed E-state index contributed by atoms with van der Waals surface area (Å²) < 4.78 is 5.71. The number of hydrogen-bond acceptors (Lipinski definition) is 3. The molecule has 21 heavy (non-hydrogen) atoms. The number of nitrogens with one attached hydrogen (secondary N) is 2. The smallest absolute Gasteiger partial charge is 0.223 e. The molecule has 0 atom stereocenters. The van der Waals surface area contributed by atoms with Gasteiger partial charge in [-0.1, -0.05) is 37.6 Å². The van der Waals surface area contributed by atoms with E-state index in [0.717, 1.165) is 12.1 Å². The summed E-state index contributed by atoms with van der Waals surface area (Å²) >= 11 is 6.19.